The molecule has 1 fully saturated rings. The van der Waals surface area contributed by atoms with Gasteiger partial charge in [-0.2, -0.15) is 10.2 Å². The van der Waals surface area contributed by atoms with Gasteiger partial charge in [-0.25, -0.2) is 5.43 Å². The third-order valence-electron chi connectivity index (χ3n) is 5.00. The largest absolute Gasteiger partial charge is 0.333 e. The molecule has 0 atom stereocenters. The summed E-state index contributed by atoms with van der Waals surface area (Å²) in [4.78, 5) is 25.7. The van der Waals surface area contributed by atoms with Crippen LogP contribution in [0.5, 0.6) is 0 Å². The molecule has 7 nitrogen and oxygen atoms in total. The second-order valence-corrected chi connectivity index (χ2v) is 7.15. The van der Waals surface area contributed by atoms with Crippen LogP contribution >= 0.6 is 0 Å². The maximum Gasteiger partial charge on any atom is 0.259 e. The van der Waals surface area contributed by atoms with Gasteiger partial charge in [-0.3, -0.25) is 14.3 Å². The first-order valence-electron chi connectivity index (χ1n) is 9.72. The van der Waals surface area contributed by atoms with Crippen molar-refractivity contribution in [1.29, 1.82) is 0 Å². The molecule has 2 heterocycles. The Kier molecular flexibility index (Phi) is 6.57. The highest BCUT2D eigenvalue weighted by Crippen LogP contribution is 2.13. The van der Waals surface area contributed by atoms with Crippen molar-refractivity contribution in [1.82, 2.24) is 20.1 Å². The first kappa shape index (κ1) is 19.8. The number of nitrogens with zero attached hydrogens (tertiary/aromatic N) is 4. The summed E-state index contributed by atoms with van der Waals surface area (Å²) in [5.41, 5.74) is 6.44. The predicted molar refractivity (Wildman–Crippen MR) is 108 cm³/mol. The molecule has 0 saturated carbocycles. The summed E-state index contributed by atoms with van der Waals surface area (Å²) in [7, 11) is 0. The molecule has 0 spiro atoms. The van der Waals surface area contributed by atoms with Gasteiger partial charge >= 0.3 is 0 Å². The first-order valence-corrected chi connectivity index (χ1v) is 9.72. The Morgan fingerprint density at radius 1 is 1.21 bits per heavy atom. The highest BCUT2D eigenvalue weighted by atomic mass is 16.2. The van der Waals surface area contributed by atoms with E-state index < -0.39 is 0 Å². The molecule has 2 aromatic rings. The molecule has 1 aromatic carbocycles. The van der Waals surface area contributed by atoms with Crippen LogP contribution in [-0.2, 0) is 16.1 Å². The number of rotatable bonds is 6. The van der Waals surface area contributed by atoms with E-state index >= 15 is 0 Å². The average molecular weight is 381 g/mol. The average Bonchev–Trinajstić information content (AvgIpc) is 2.82. The van der Waals surface area contributed by atoms with Crippen molar-refractivity contribution in [3.63, 3.8) is 0 Å². The Balaban J connectivity index is 1.59. The number of hydrogen-bond acceptors (Lipinski definition) is 4. The number of aromatic nitrogens is 2. The van der Waals surface area contributed by atoms with Crippen molar-refractivity contribution in [2.45, 2.75) is 46.1 Å². The van der Waals surface area contributed by atoms with E-state index in [2.05, 4.69) is 27.8 Å². The fourth-order valence-electron chi connectivity index (χ4n) is 3.39. The van der Waals surface area contributed by atoms with Gasteiger partial charge in [-0.1, -0.05) is 36.8 Å². The molecule has 1 aliphatic heterocycles. The predicted octanol–water partition coefficient (Wildman–Crippen LogP) is 2.40. The molecule has 1 N–H and O–H groups in total. The minimum absolute atomic E-state index is 0.0468. The zero-order valence-corrected chi connectivity index (χ0v) is 16.5. The van der Waals surface area contributed by atoms with E-state index in [-0.39, 0.29) is 18.4 Å². The van der Waals surface area contributed by atoms with Gasteiger partial charge in [0.15, 0.2) is 0 Å². The smallest absolute Gasteiger partial charge is 0.259 e. The van der Waals surface area contributed by atoms with E-state index in [0.717, 1.165) is 36.2 Å². The van der Waals surface area contributed by atoms with E-state index in [1.54, 1.807) is 11.1 Å². The third-order valence-corrected chi connectivity index (χ3v) is 5.00. The quantitative estimate of drug-likeness (QED) is 0.616. The Bertz CT molecular complexity index is 857. The van der Waals surface area contributed by atoms with Gasteiger partial charge in [0.25, 0.3) is 5.91 Å². The number of aryl methyl sites for hydroxylation is 1. The molecule has 0 bridgehead atoms. The van der Waals surface area contributed by atoms with Crippen molar-refractivity contribution in [2.24, 2.45) is 5.10 Å². The molecular formula is C21H27N5O2. The van der Waals surface area contributed by atoms with Crippen LogP contribution in [0.3, 0.4) is 0 Å². The summed E-state index contributed by atoms with van der Waals surface area (Å²) in [6.45, 7) is 5.29. The third kappa shape index (κ3) is 5.06. The van der Waals surface area contributed by atoms with Crippen LogP contribution in [0.25, 0.3) is 0 Å². The van der Waals surface area contributed by atoms with Gasteiger partial charge < -0.3 is 4.90 Å². The van der Waals surface area contributed by atoms with Crippen LogP contribution in [0.1, 0.15) is 48.2 Å². The van der Waals surface area contributed by atoms with Crippen LogP contribution in [-0.4, -0.2) is 45.8 Å². The van der Waals surface area contributed by atoms with Crippen molar-refractivity contribution in [3.05, 3.63) is 52.8 Å². The number of nitrogens with one attached hydrogen (secondary N) is 1. The standard InChI is InChI=1S/C21H27N5O2/c1-16-19(17(2)26(24-16)14-18-9-5-3-6-10-18)13-22-23-20(27)15-25-12-8-4-7-11-21(25)28/h3,5-6,9-10,13H,4,7-8,11-12,14-15H2,1-2H3,(H,23,27)/b22-13-. The minimum Gasteiger partial charge on any atom is -0.333 e. The number of likely N-dealkylation sites (tertiary alicyclic amines) is 1. The second kappa shape index (κ2) is 9.30. The molecule has 2 amide bonds. The van der Waals surface area contributed by atoms with Crippen molar-refractivity contribution in [2.75, 3.05) is 13.1 Å². The van der Waals surface area contributed by atoms with Crippen molar-refractivity contribution >= 4 is 18.0 Å². The lowest BCUT2D eigenvalue weighted by Gasteiger charge is -2.18. The number of benzene rings is 1. The molecule has 3 rings (SSSR count). The van der Waals surface area contributed by atoms with Crippen LogP contribution < -0.4 is 5.43 Å². The molecule has 0 unspecified atom stereocenters. The maximum atomic E-state index is 12.1. The Morgan fingerprint density at radius 3 is 2.79 bits per heavy atom. The van der Waals surface area contributed by atoms with Gasteiger partial charge in [-0.15, -0.1) is 0 Å². The number of amides is 2. The fraction of sp³-hybridized carbons (Fsp3) is 0.429. The number of carbonyl (C=O) groups is 2. The molecule has 1 saturated heterocycles. The molecule has 0 radical (unpaired) electrons. The van der Waals surface area contributed by atoms with E-state index in [1.165, 1.54) is 5.56 Å². The zero-order chi connectivity index (χ0) is 19.9. The van der Waals surface area contributed by atoms with Gasteiger partial charge in [0, 0.05) is 24.2 Å². The van der Waals surface area contributed by atoms with E-state index in [9.17, 15) is 9.59 Å². The summed E-state index contributed by atoms with van der Waals surface area (Å²) in [5.74, 6) is -0.232. The normalized spacial score (nSPS) is 15.1. The Hall–Kier alpha value is -2.96. The number of carbonyl (C=O) groups excluding carboxylic acids is 2. The van der Waals surface area contributed by atoms with E-state index in [4.69, 9.17) is 0 Å². The number of hydrogen-bond donors (Lipinski definition) is 1. The summed E-state index contributed by atoms with van der Waals surface area (Å²) < 4.78 is 1.93. The molecule has 7 heteroatoms. The monoisotopic (exact) mass is 381 g/mol. The molecule has 1 aromatic heterocycles. The first-order chi connectivity index (χ1) is 13.5. The molecular weight excluding hydrogens is 354 g/mol. The summed E-state index contributed by atoms with van der Waals surface area (Å²) >= 11 is 0. The van der Waals surface area contributed by atoms with Crippen LogP contribution in [0.4, 0.5) is 0 Å². The van der Waals surface area contributed by atoms with Gasteiger partial charge in [0.05, 0.1) is 18.5 Å². The van der Waals surface area contributed by atoms with Gasteiger partial charge in [-0.05, 0) is 32.3 Å². The van der Waals surface area contributed by atoms with Gasteiger partial charge in [0.2, 0.25) is 5.91 Å². The van der Waals surface area contributed by atoms with E-state index in [0.29, 0.717) is 19.5 Å². The second-order valence-electron chi connectivity index (χ2n) is 7.15. The zero-order valence-electron chi connectivity index (χ0n) is 16.5. The van der Waals surface area contributed by atoms with Crippen molar-refractivity contribution < 1.29 is 9.59 Å². The Morgan fingerprint density at radius 2 is 2.00 bits per heavy atom. The van der Waals surface area contributed by atoms with Crippen LogP contribution in [0.2, 0.25) is 0 Å². The molecule has 0 aliphatic carbocycles. The molecule has 148 valence electrons. The molecule has 1 aliphatic rings. The summed E-state index contributed by atoms with van der Waals surface area (Å²) in [6.07, 6.45) is 5.03. The summed E-state index contributed by atoms with van der Waals surface area (Å²) in [5, 5.41) is 8.66. The lowest BCUT2D eigenvalue weighted by Crippen LogP contribution is -2.39. The maximum absolute atomic E-state index is 12.1. The Labute approximate surface area is 165 Å². The lowest BCUT2D eigenvalue weighted by molar-refractivity contribution is -0.135. The minimum atomic E-state index is -0.279. The topological polar surface area (TPSA) is 79.6 Å². The summed E-state index contributed by atoms with van der Waals surface area (Å²) in [6, 6.07) is 10.1. The highest BCUT2D eigenvalue weighted by Gasteiger charge is 2.19. The van der Waals surface area contributed by atoms with Gasteiger partial charge in [0.1, 0.15) is 6.54 Å². The van der Waals surface area contributed by atoms with Crippen LogP contribution in [0, 0.1) is 13.8 Å². The highest BCUT2D eigenvalue weighted by molar-refractivity contribution is 5.87. The van der Waals surface area contributed by atoms with Crippen molar-refractivity contribution in [3.8, 4) is 0 Å². The molecule has 28 heavy (non-hydrogen) atoms. The number of hydrazone groups is 1. The fourth-order valence-corrected chi connectivity index (χ4v) is 3.39. The lowest BCUT2D eigenvalue weighted by atomic mass is 10.2. The van der Waals surface area contributed by atoms with E-state index in [1.807, 2.05) is 36.7 Å². The van der Waals surface area contributed by atoms with Crippen LogP contribution in [0.15, 0.2) is 35.4 Å². The SMILES string of the molecule is Cc1nn(Cc2ccccc2)c(C)c1/C=N\NC(=O)CN1CCCCCC1=O.